The second-order valence-corrected chi connectivity index (χ2v) is 10.7. The van der Waals surface area contributed by atoms with Crippen LogP contribution in [0.5, 0.6) is 0 Å². The van der Waals surface area contributed by atoms with Crippen LogP contribution < -0.4 is 0 Å². The van der Waals surface area contributed by atoms with Crippen molar-refractivity contribution in [3.05, 3.63) is 146 Å². The van der Waals surface area contributed by atoms with Gasteiger partial charge in [-0.3, -0.25) is 4.57 Å². The van der Waals surface area contributed by atoms with Crippen LogP contribution in [0, 0.1) is 0 Å². The Bertz CT molecular complexity index is 2450. The first-order valence-electron chi connectivity index (χ1n) is 14.2. The molecule has 196 valence electrons. The van der Waals surface area contributed by atoms with Gasteiger partial charge in [-0.05, 0) is 42.5 Å². The van der Waals surface area contributed by atoms with E-state index in [0.29, 0.717) is 5.95 Å². The van der Waals surface area contributed by atoms with Crippen molar-refractivity contribution in [1.29, 1.82) is 0 Å². The van der Waals surface area contributed by atoms with Gasteiger partial charge in [-0.2, -0.15) is 0 Å². The lowest BCUT2D eigenvalue weighted by Gasteiger charge is -2.12. The van der Waals surface area contributed by atoms with Crippen LogP contribution in [0.1, 0.15) is 0 Å². The van der Waals surface area contributed by atoms with Crippen LogP contribution in [0.15, 0.2) is 146 Å². The van der Waals surface area contributed by atoms with Gasteiger partial charge < -0.3 is 4.57 Å². The van der Waals surface area contributed by atoms with E-state index in [0.717, 1.165) is 44.4 Å². The molecule has 0 fully saturated rings. The minimum atomic E-state index is 0.667. The highest BCUT2D eigenvalue weighted by molar-refractivity contribution is 6.19. The zero-order chi connectivity index (χ0) is 27.6. The van der Waals surface area contributed by atoms with E-state index in [1.165, 1.54) is 27.1 Å². The van der Waals surface area contributed by atoms with E-state index in [1.807, 2.05) is 12.1 Å². The monoisotopic (exact) mass is 536 g/mol. The smallest absolute Gasteiger partial charge is 0.235 e. The highest BCUT2D eigenvalue weighted by Crippen LogP contribution is 2.39. The molecule has 0 unspecified atom stereocenters. The predicted molar refractivity (Wildman–Crippen MR) is 174 cm³/mol. The molecule has 0 amide bonds. The third-order valence-electron chi connectivity index (χ3n) is 8.32. The van der Waals surface area contributed by atoms with Gasteiger partial charge in [0.1, 0.15) is 0 Å². The molecule has 0 aliphatic rings. The molecule has 0 aliphatic heterocycles. The first-order valence-corrected chi connectivity index (χ1v) is 14.2. The fraction of sp³-hybridized carbons (Fsp3) is 0. The van der Waals surface area contributed by atoms with Crippen molar-refractivity contribution in [3.63, 3.8) is 0 Å². The topological polar surface area (TPSA) is 35.6 Å². The number of para-hydroxylation sites is 4. The van der Waals surface area contributed by atoms with Gasteiger partial charge in [0, 0.05) is 38.2 Å². The Balaban J connectivity index is 1.44. The van der Waals surface area contributed by atoms with Crippen LogP contribution in [-0.2, 0) is 0 Å². The number of hydrogen-bond donors (Lipinski definition) is 0. The van der Waals surface area contributed by atoms with Crippen molar-refractivity contribution in [2.45, 2.75) is 0 Å². The summed E-state index contributed by atoms with van der Waals surface area (Å²) in [5, 5.41) is 5.88. The van der Waals surface area contributed by atoms with Gasteiger partial charge in [0.25, 0.3) is 0 Å². The van der Waals surface area contributed by atoms with Gasteiger partial charge in [0.2, 0.25) is 5.95 Å². The zero-order valence-corrected chi connectivity index (χ0v) is 22.6. The summed E-state index contributed by atoms with van der Waals surface area (Å²) < 4.78 is 4.60. The minimum Gasteiger partial charge on any atom is -0.309 e. The molecule has 3 aromatic heterocycles. The van der Waals surface area contributed by atoms with Gasteiger partial charge in [-0.25, -0.2) is 9.97 Å². The molecule has 9 aromatic rings. The molecule has 0 bridgehead atoms. The highest BCUT2D eigenvalue weighted by Gasteiger charge is 2.20. The lowest BCUT2D eigenvalue weighted by atomic mass is 10.1. The summed E-state index contributed by atoms with van der Waals surface area (Å²) in [6.45, 7) is 0. The first kappa shape index (κ1) is 23.0. The van der Waals surface area contributed by atoms with Crippen molar-refractivity contribution >= 4 is 54.5 Å². The molecular weight excluding hydrogens is 512 g/mol. The maximum absolute atomic E-state index is 5.26. The number of fused-ring (bicyclic) bond motifs is 7. The van der Waals surface area contributed by atoms with Crippen LogP contribution in [0.25, 0.3) is 77.4 Å². The molecule has 42 heavy (non-hydrogen) atoms. The highest BCUT2D eigenvalue weighted by atomic mass is 15.2. The Kier molecular flexibility index (Phi) is 4.87. The zero-order valence-electron chi connectivity index (χ0n) is 22.6. The number of hydrogen-bond acceptors (Lipinski definition) is 2. The molecule has 0 N–H and O–H groups in total. The van der Waals surface area contributed by atoms with Gasteiger partial charge in [-0.15, -0.1) is 0 Å². The Morgan fingerprint density at radius 2 is 0.929 bits per heavy atom. The summed E-state index contributed by atoms with van der Waals surface area (Å²) in [4.78, 5) is 10.4. The maximum Gasteiger partial charge on any atom is 0.235 e. The normalized spacial score (nSPS) is 11.8. The summed E-state index contributed by atoms with van der Waals surface area (Å²) in [5.74, 6) is 0.667. The largest absolute Gasteiger partial charge is 0.309 e. The van der Waals surface area contributed by atoms with Crippen molar-refractivity contribution in [1.82, 2.24) is 19.1 Å². The standard InChI is InChI=1S/C38H24N4/c1-3-13-25(14-4-1)37-29-19-7-10-20-32(29)39-38(40-37)42-34-22-12-9-18-28(34)31-23-30-27-17-8-11-21-33(27)41(35(30)24-36(31)42)26-15-5-2-6-16-26/h1-24H. The van der Waals surface area contributed by atoms with Crippen molar-refractivity contribution in [2.75, 3.05) is 0 Å². The van der Waals surface area contributed by atoms with E-state index >= 15 is 0 Å². The second-order valence-electron chi connectivity index (χ2n) is 10.7. The average Bonchev–Trinajstić information content (AvgIpc) is 3.56. The average molecular weight is 537 g/mol. The van der Waals surface area contributed by atoms with Gasteiger partial charge in [-0.1, -0.05) is 103 Å². The lowest BCUT2D eigenvalue weighted by Crippen LogP contribution is -2.03. The van der Waals surface area contributed by atoms with E-state index in [4.69, 9.17) is 9.97 Å². The second kappa shape index (κ2) is 8.88. The van der Waals surface area contributed by atoms with Crippen molar-refractivity contribution in [3.8, 4) is 22.9 Å². The molecule has 9 rings (SSSR count). The summed E-state index contributed by atoms with van der Waals surface area (Å²) in [6.07, 6.45) is 0. The van der Waals surface area contributed by atoms with E-state index in [1.54, 1.807) is 0 Å². The summed E-state index contributed by atoms with van der Waals surface area (Å²) in [7, 11) is 0. The van der Waals surface area contributed by atoms with Gasteiger partial charge >= 0.3 is 0 Å². The molecule has 0 spiro atoms. The fourth-order valence-electron chi connectivity index (χ4n) is 6.48. The van der Waals surface area contributed by atoms with E-state index in [9.17, 15) is 0 Å². The SMILES string of the molecule is c1ccc(-c2nc(-n3c4ccccc4c4cc5c6ccccc6n(-c6ccccc6)c5cc43)nc3ccccc23)cc1. The van der Waals surface area contributed by atoms with Crippen LogP contribution in [0.4, 0.5) is 0 Å². The van der Waals surface area contributed by atoms with Crippen LogP contribution in [-0.4, -0.2) is 19.1 Å². The molecule has 0 aliphatic carbocycles. The van der Waals surface area contributed by atoms with Crippen LogP contribution in [0.2, 0.25) is 0 Å². The van der Waals surface area contributed by atoms with Crippen LogP contribution in [0.3, 0.4) is 0 Å². The Morgan fingerprint density at radius 3 is 1.64 bits per heavy atom. The number of aromatic nitrogens is 4. The third-order valence-corrected chi connectivity index (χ3v) is 8.32. The number of rotatable bonds is 3. The predicted octanol–water partition coefficient (Wildman–Crippen LogP) is 9.49. The van der Waals surface area contributed by atoms with Gasteiger partial charge in [0.05, 0.1) is 33.3 Å². The Hall–Kier alpha value is -5.74. The minimum absolute atomic E-state index is 0.667. The van der Waals surface area contributed by atoms with Crippen molar-refractivity contribution in [2.24, 2.45) is 0 Å². The molecule has 0 atom stereocenters. The molecule has 4 nitrogen and oxygen atoms in total. The molecule has 0 saturated carbocycles. The van der Waals surface area contributed by atoms with E-state index in [-0.39, 0.29) is 0 Å². The third kappa shape index (κ3) is 3.29. The van der Waals surface area contributed by atoms with Gasteiger partial charge in [0.15, 0.2) is 0 Å². The number of nitrogens with zero attached hydrogens (tertiary/aromatic N) is 4. The molecule has 4 heteroatoms. The molecule has 3 heterocycles. The van der Waals surface area contributed by atoms with Crippen LogP contribution >= 0.6 is 0 Å². The molecular formula is C38H24N4. The quantitative estimate of drug-likeness (QED) is 0.225. The molecule has 0 radical (unpaired) electrons. The maximum atomic E-state index is 5.26. The lowest BCUT2D eigenvalue weighted by molar-refractivity contribution is 1.01. The molecule has 6 aromatic carbocycles. The van der Waals surface area contributed by atoms with Crippen molar-refractivity contribution < 1.29 is 0 Å². The Morgan fingerprint density at radius 1 is 0.381 bits per heavy atom. The number of benzene rings is 6. The molecule has 0 saturated heterocycles. The van der Waals surface area contributed by atoms with E-state index in [2.05, 4.69) is 143 Å². The fourth-order valence-corrected chi connectivity index (χ4v) is 6.48. The summed E-state index contributed by atoms with van der Waals surface area (Å²) in [5.41, 5.74) is 8.58. The Labute approximate surface area is 241 Å². The van der Waals surface area contributed by atoms with E-state index < -0.39 is 0 Å². The first-order chi connectivity index (χ1) is 20.8. The summed E-state index contributed by atoms with van der Waals surface area (Å²) >= 11 is 0. The summed E-state index contributed by atoms with van der Waals surface area (Å²) in [6, 6.07) is 51.2.